The van der Waals surface area contributed by atoms with E-state index in [4.69, 9.17) is 0 Å². The first kappa shape index (κ1) is 16.0. The minimum absolute atomic E-state index is 0.119. The van der Waals surface area contributed by atoms with Crippen molar-refractivity contribution in [3.8, 4) is 0 Å². The lowest BCUT2D eigenvalue weighted by molar-refractivity contribution is -0.115. The third-order valence-electron chi connectivity index (χ3n) is 2.56. The molecule has 0 bridgehead atoms. The van der Waals surface area contributed by atoms with E-state index in [1.807, 2.05) is 6.26 Å². The zero-order valence-corrected chi connectivity index (χ0v) is 12.8. The van der Waals surface area contributed by atoms with E-state index in [0.717, 1.165) is 5.75 Å². The SMILES string of the molecule is CNS(=O)(=O)c1cc(NC(=O)CCSC)ccc1C. The number of anilines is 1. The molecule has 0 aliphatic carbocycles. The van der Waals surface area contributed by atoms with Gasteiger partial charge in [-0.05, 0) is 37.9 Å². The fourth-order valence-corrected chi connectivity index (χ4v) is 2.88. The Morgan fingerprint density at radius 3 is 2.63 bits per heavy atom. The first-order valence-corrected chi connectivity index (χ1v) is 8.61. The summed E-state index contributed by atoms with van der Waals surface area (Å²) in [5, 5.41) is 2.70. The number of carbonyl (C=O) groups excluding carboxylic acids is 1. The summed E-state index contributed by atoms with van der Waals surface area (Å²) in [6.07, 6.45) is 2.33. The van der Waals surface area contributed by atoms with Gasteiger partial charge in [-0.25, -0.2) is 13.1 Å². The van der Waals surface area contributed by atoms with E-state index in [2.05, 4.69) is 10.0 Å². The molecule has 0 spiro atoms. The van der Waals surface area contributed by atoms with Gasteiger partial charge in [0.1, 0.15) is 0 Å². The Morgan fingerprint density at radius 1 is 1.37 bits per heavy atom. The second-order valence-corrected chi connectivity index (χ2v) is 6.82. The summed E-state index contributed by atoms with van der Waals surface area (Å²) in [4.78, 5) is 11.8. The summed E-state index contributed by atoms with van der Waals surface area (Å²) >= 11 is 1.59. The molecule has 0 aliphatic rings. The molecule has 0 saturated heterocycles. The van der Waals surface area contributed by atoms with Crippen LogP contribution in [0.25, 0.3) is 0 Å². The molecule has 1 amide bonds. The van der Waals surface area contributed by atoms with Gasteiger partial charge in [-0.3, -0.25) is 4.79 Å². The zero-order valence-electron chi connectivity index (χ0n) is 11.2. The Hall–Kier alpha value is -1.05. The Balaban J connectivity index is 2.94. The molecule has 1 aromatic carbocycles. The lowest BCUT2D eigenvalue weighted by Gasteiger charge is -2.10. The Kier molecular flexibility index (Phi) is 5.84. The number of carbonyl (C=O) groups is 1. The predicted molar refractivity (Wildman–Crippen MR) is 79.1 cm³/mol. The van der Waals surface area contributed by atoms with Gasteiger partial charge in [-0.1, -0.05) is 6.07 Å². The predicted octanol–water partition coefficient (Wildman–Crippen LogP) is 1.59. The number of aryl methyl sites for hydroxylation is 1. The third kappa shape index (κ3) is 4.52. The summed E-state index contributed by atoms with van der Waals surface area (Å²) in [5.74, 6) is 0.616. The van der Waals surface area contributed by atoms with E-state index in [1.54, 1.807) is 30.8 Å². The van der Waals surface area contributed by atoms with E-state index in [9.17, 15) is 13.2 Å². The quantitative estimate of drug-likeness (QED) is 0.837. The van der Waals surface area contributed by atoms with Crippen LogP contribution in [0, 0.1) is 6.92 Å². The number of rotatable bonds is 6. The highest BCUT2D eigenvalue weighted by Crippen LogP contribution is 2.20. The molecule has 106 valence electrons. The summed E-state index contributed by atoms with van der Waals surface area (Å²) < 4.78 is 25.9. The van der Waals surface area contributed by atoms with Crippen molar-refractivity contribution in [3.63, 3.8) is 0 Å². The normalized spacial score (nSPS) is 11.3. The number of sulfonamides is 1. The van der Waals surface area contributed by atoms with Crippen LogP contribution in [-0.4, -0.2) is 33.4 Å². The molecular formula is C12H18N2O3S2. The fraction of sp³-hybridized carbons (Fsp3) is 0.417. The first-order valence-electron chi connectivity index (χ1n) is 5.73. The average molecular weight is 302 g/mol. The molecular weight excluding hydrogens is 284 g/mol. The van der Waals surface area contributed by atoms with Gasteiger partial charge < -0.3 is 5.32 Å². The molecule has 0 unspecified atom stereocenters. The molecule has 0 aromatic heterocycles. The first-order chi connectivity index (χ1) is 8.90. The Morgan fingerprint density at radius 2 is 2.05 bits per heavy atom. The summed E-state index contributed by atoms with van der Waals surface area (Å²) in [5.41, 5.74) is 1.13. The van der Waals surface area contributed by atoms with Gasteiger partial charge >= 0.3 is 0 Å². The molecule has 1 aromatic rings. The van der Waals surface area contributed by atoms with Gasteiger partial charge in [0.05, 0.1) is 4.90 Å². The molecule has 0 atom stereocenters. The van der Waals surface area contributed by atoms with Crippen molar-refractivity contribution in [2.24, 2.45) is 0 Å². The van der Waals surface area contributed by atoms with Crippen molar-refractivity contribution >= 4 is 33.4 Å². The third-order valence-corrected chi connectivity index (χ3v) is 4.73. The smallest absolute Gasteiger partial charge is 0.240 e. The van der Waals surface area contributed by atoms with E-state index >= 15 is 0 Å². The van der Waals surface area contributed by atoms with Crippen LogP contribution in [0.2, 0.25) is 0 Å². The van der Waals surface area contributed by atoms with E-state index in [-0.39, 0.29) is 10.8 Å². The average Bonchev–Trinajstić information content (AvgIpc) is 2.38. The number of hydrogen-bond donors (Lipinski definition) is 2. The van der Waals surface area contributed by atoms with Gasteiger partial charge in [0.25, 0.3) is 0 Å². The lowest BCUT2D eigenvalue weighted by Crippen LogP contribution is -2.20. The van der Waals surface area contributed by atoms with Crippen LogP contribution in [0.4, 0.5) is 5.69 Å². The van der Waals surface area contributed by atoms with Gasteiger partial charge in [0.2, 0.25) is 15.9 Å². The van der Waals surface area contributed by atoms with E-state index < -0.39 is 10.0 Å². The number of amides is 1. The van der Waals surface area contributed by atoms with Crippen LogP contribution < -0.4 is 10.0 Å². The van der Waals surface area contributed by atoms with Gasteiger partial charge in [0.15, 0.2) is 0 Å². The highest BCUT2D eigenvalue weighted by Gasteiger charge is 2.15. The van der Waals surface area contributed by atoms with Crippen LogP contribution in [0.3, 0.4) is 0 Å². The van der Waals surface area contributed by atoms with Crippen LogP contribution >= 0.6 is 11.8 Å². The Bertz CT molecular complexity index is 556. The van der Waals surface area contributed by atoms with Crippen LogP contribution in [0.1, 0.15) is 12.0 Å². The number of hydrogen-bond acceptors (Lipinski definition) is 4. The molecule has 0 heterocycles. The minimum Gasteiger partial charge on any atom is -0.326 e. The molecule has 0 fully saturated rings. The molecule has 19 heavy (non-hydrogen) atoms. The highest BCUT2D eigenvalue weighted by molar-refractivity contribution is 7.98. The van der Waals surface area contributed by atoms with Crippen LogP contribution in [-0.2, 0) is 14.8 Å². The monoisotopic (exact) mass is 302 g/mol. The van der Waals surface area contributed by atoms with Gasteiger partial charge in [-0.2, -0.15) is 11.8 Å². The van der Waals surface area contributed by atoms with Gasteiger partial charge in [-0.15, -0.1) is 0 Å². The Labute approximate surface area is 118 Å². The topological polar surface area (TPSA) is 75.3 Å². The highest BCUT2D eigenvalue weighted by atomic mass is 32.2. The van der Waals surface area contributed by atoms with Gasteiger partial charge in [0, 0.05) is 17.9 Å². The van der Waals surface area contributed by atoms with Crippen molar-refractivity contribution in [1.82, 2.24) is 4.72 Å². The molecule has 5 nitrogen and oxygen atoms in total. The molecule has 2 N–H and O–H groups in total. The molecule has 7 heteroatoms. The lowest BCUT2D eigenvalue weighted by atomic mass is 10.2. The maximum absolute atomic E-state index is 11.8. The summed E-state index contributed by atoms with van der Waals surface area (Å²) in [6, 6.07) is 4.84. The largest absolute Gasteiger partial charge is 0.326 e. The van der Waals surface area contributed by atoms with Crippen molar-refractivity contribution in [1.29, 1.82) is 0 Å². The number of thioether (sulfide) groups is 1. The maximum Gasteiger partial charge on any atom is 0.240 e. The van der Waals surface area contributed by atoms with E-state index in [0.29, 0.717) is 17.7 Å². The number of nitrogens with one attached hydrogen (secondary N) is 2. The number of benzene rings is 1. The minimum atomic E-state index is -3.51. The van der Waals surface area contributed by atoms with Crippen molar-refractivity contribution in [2.45, 2.75) is 18.2 Å². The van der Waals surface area contributed by atoms with Crippen molar-refractivity contribution < 1.29 is 13.2 Å². The summed E-state index contributed by atoms with van der Waals surface area (Å²) in [6.45, 7) is 1.71. The molecule has 0 aliphatic heterocycles. The second-order valence-electron chi connectivity index (χ2n) is 3.98. The van der Waals surface area contributed by atoms with Crippen molar-refractivity contribution in [3.05, 3.63) is 23.8 Å². The zero-order chi connectivity index (χ0) is 14.5. The molecule has 0 radical (unpaired) electrons. The fourth-order valence-electron chi connectivity index (χ4n) is 1.50. The van der Waals surface area contributed by atoms with Crippen molar-refractivity contribution in [2.75, 3.05) is 24.4 Å². The van der Waals surface area contributed by atoms with Crippen LogP contribution in [0.5, 0.6) is 0 Å². The molecule has 1 rings (SSSR count). The standard InChI is InChI=1S/C12H18N2O3S2/c1-9-4-5-10(14-12(15)6-7-18-3)8-11(9)19(16,17)13-2/h4-5,8,13H,6-7H2,1-3H3,(H,14,15). The summed E-state index contributed by atoms with van der Waals surface area (Å²) in [7, 11) is -2.15. The molecule has 0 saturated carbocycles. The van der Waals surface area contributed by atoms with Crippen LogP contribution in [0.15, 0.2) is 23.1 Å². The maximum atomic E-state index is 11.8. The second kappa shape index (κ2) is 6.93. The van der Waals surface area contributed by atoms with E-state index in [1.165, 1.54) is 13.1 Å².